The van der Waals surface area contributed by atoms with Gasteiger partial charge in [-0.3, -0.25) is 4.90 Å². The van der Waals surface area contributed by atoms with Crippen LogP contribution in [-0.4, -0.2) is 56.7 Å². The Morgan fingerprint density at radius 3 is 2.27 bits per heavy atom. The maximum Gasteiger partial charge on any atom is 0.123 e. The van der Waals surface area contributed by atoms with Crippen molar-refractivity contribution in [1.29, 1.82) is 0 Å². The molecule has 0 N–H and O–H groups in total. The summed E-state index contributed by atoms with van der Waals surface area (Å²) in [6.07, 6.45) is 0.986. The van der Waals surface area contributed by atoms with Crippen LogP contribution < -0.4 is 9.47 Å². The van der Waals surface area contributed by atoms with Crippen LogP contribution in [0.5, 0.6) is 11.5 Å². The maximum atomic E-state index is 12.9. The Hall–Kier alpha value is -1.53. The third-order valence-corrected chi connectivity index (χ3v) is 6.13. The summed E-state index contributed by atoms with van der Waals surface area (Å²) in [6, 6.07) is 15.3. The lowest BCUT2D eigenvalue weighted by Gasteiger charge is -2.27. The number of fused-ring (bicyclic) bond motifs is 1. The van der Waals surface area contributed by atoms with Crippen molar-refractivity contribution in [1.82, 2.24) is 9.80 Å². The van der Waals surface area contributed by atoms with Crippen LogP contribution in [0, 0.1) is 17.7 Å². The van der Waals surface area contributed by atoms with E-state index in [0.717, 1.165) is 50.0 Å². The van der Waals surface area contributed by atoms with Gasteiger partial charge in [0, 0.05) is 32.2 Å². The van der Waals surface area contributed by atoms with Crippen molar-refractivity contribution in [3.63, 3.8) is 0 Å². The van der Waals surface area contributed by atoms with E-state index in [2.05, 4.69) is 41.1 Å². The molecule has 7 heteroatoms. The average Bonchev–Trinajstić information content (AvgIpc) is 3.22. The van der Waals surface area contributed by atoms with Gasteiger partial charge in [-0.2, -0.15) is 0 Å². The van der Waals surface area contributed by atoms with Crippen LogP contribution in [0.4, 0.5) is 4.39 Å². The molecule has 0 amide bonds. The second-order valence-electron chi connectivity index (χ2n) is 8.00. The number of ether oxygens (including phenoxy) is 2. The van der Waals surface area contributed by atoms with Crippen LogP contribution in [0.1, 0.15) is 18.0 Å². The van der Waals surface area contributed by atoms with E-state index in [9.17, 15) is 4.39 Å². The molecule has 0 radical (unpaired) electrons. The Morgan fingerprint density at radius 2 is 1.60 bits per heavy atom. The molecule has 2 aliphatic heterocycles. The fraction of sp³-hybridized carbons (Fsp3) is 0.478. The van der Waals surface area contributed by atoms with Crippen molar-refractivity contribution >= 4 is 24.8 Å². The smallest absolute Gasteiger partial charge is 0.123 e. The van der Waals surface area contributed by atoms with E-state index in [-0.39, 0.29) is 30.6 Å². The minimum absolute atomic E-state index is 0. The maximum absolute atomic E-state index is 12.9. The number of nitrogens with zero attached hydrogens (tertiary/aromatic N) is 2. The molecule has 2 heterocycles. The molecule has 0 spiro atoms. The van der Waals surface area contributed by atoms with Crippen molar-refractivity contribution in [3.05, 3.63) is 59.9 Å². The quantitative estimate of drug-likeness (QED) is 0.564. The molecule has 0 unspecified atom stereocenters. The third kappa shape index (κ3) is 5.58. The minimum Gasteiger partial charge on any atom is -0.497 e. The van der Waals surface area contributed by atoms with E-state index in [1.165, 1.54) is 17.7 Å². The van der Waals surface area contributed by atoms with Crippen LogP contribution in [0.3, 0.4) is 0 Å². The van der Waals surface area contributed by atoms with E-state index in [0.29, 0.717) is 18.6 Å². The zero-order valence-electron chi connectivity index (χ0n) is 17.5. The van der Waals surface area contributed by atoms with Crippen LogP contribution in [0.2, 0.25) is 0 Å². The van der Waals surface area contributed by atoms with Gasteiger partial charge in [-0.05, 0) is 67.3 Å². The first-order chi connectivity index (χ1) is 13.6. The van der Waals surface area contributed by atoms with Crippen LogP contribution in [0.25, 0.3) is 0 Å². The molecular formula is C23H31Cl2FN2O2. The minimum atomic E-state index is -0.229. The van der Waals surface area contributed by atoms with Gasteiger partial charge in [0.2, 0.25) is 0 Å². The van der Waals surface area contributed by atoms with Crippen molar-refractivity contribution in [2.75, 3.05) is 46.9 Å². The highest BCUT2D eigenvalue weighted by Crippen LogP contribution is 2.44. The highest BCUT2D eigenvalue weighted by atomic mass is 35.5. The predicted molar refractivity (Wildman–Crippen MR) is 123 cm³/mol. The molecule has 30 heavy (non-hydrogen) atoms. The second-order valence-corrected chi connectivity index (χ2v) is 8.00. The molecule has 2 aromatic rings. The largest absolute Gasteiger partial charge is 0.497 e. The molecule has 0 saturated carbocycles. The Labute approximate surface area is 191 Å². The van der Waals surface area contributed by atoms with Gasteiger partial charge in [0.1, 0.15) is 17.3 Å². The monoisotopic (exact) mass is 456 g/mol. The average molecular weight is 457 g/mol. The number of methoxy groups -OCH3 is 1. The lowest BCUT2D eigenvalue weighted by atomic mass is 9.89. The molecule has 2 aliphatic rings. The van der Waals surface area contributed by atoms with E-state index in [1.807, 2.05) is 0 Å². The van der Waals surface area contributed by atoms with Gasteiger partial charge in [0.25, 0.3) is 0 Å². The van der Waals surface area contributed by atoms with Crippen molar-refractivity contribution < 1.29 is 13.9 Å². The van der Waals surface area contributed by atoms with Crippen molar-refractivity contribution in [2.45, 2.75) is 12.5 Å². The molecule has 2 fully saturated rings. The van der Waals surface area contributed by atoms with E-state index in [4.69, 9.17) is 9.47 Å². The molecule has 2 aromatic carbocycles. The summed E-state index contributed by atoms with van der Waals surface area (Å²) in [6.45, 7) is 5.18. The highest BCUT2D eigenvalue weighted by molar-refractivity contribution is 5.85. The van der Waals surface area contributed by atoms with Crippen molar-refractivity contribution in [3.8, 4) is 11.5 Å². The Balaban J connectivity index is 0.00000160. The fourth-order valence-corrected chi connectivity index (χ4v) is 4.84. The van der Waals surface area contributed by atoms with Gasteiger partial charge < -0.3 is 14.4 Å². The molecular weight excluding hydrogens is 426 g/mol. The lowest BCUT2D eigenvalue weighted by Crippen LogP contribution is -2.30. The third-order valence-electron chi connectivity index (χ3n) is 6.13. The molecule has 166 valence electrons. The Kier molecular flexibility index (Phi) is 9.23. The summed E-state index contributed by atoms with van der Waals surface area (Å²) in [5, 5.41) is 0. The van der Waals surface area contributed by atoms with Gasteiger partial charge in [-0.1, -0.05) is 12.1 Å². The van der Waals surface area contributed by atoms with Gasteiger partial charge >= 0.3 is 0 Å². The summed E-state index contributed by atoms with van der Waals surface area (Å²) in [5.74, 6) is 2.83. The fourth-order valence-electron chi connectivity index (χ4n) is 4.84. The first kappa shape index (κ1) is 24.7. The topological polar surface area (TPSA) is 24.9 Å². The number of hydrogen-bond acceptors (Lipinski definition) is 4. The molecule has 4 nitrogen and oxygen atoms in total. The lowest BCUT2D eigenvalue weighted by molar-refractivity contribution is 0.214. The van der Waals surface area contributed by atoms with E-state index >= 15 is 0 Å². The number of rotatable bonds is 7. The SMILES string of the molecule is COc1ccc([C@H]2[C@@H]3CN(CCCOc4ccc(F)cc4)C[C@@H]3CN2C)cc1.Cl.Cl. The van der Waals surface area contributed by atoms with E-state index < -0.39 is 0 Å². The normalized spacial score (nSPS) is 23.4. The first-order valence-corrected chi connectivity index (χ1v) is 10.1. The zero-order chi connectivity index (χ0) is 19.5. The molecule has 0 aliphatic carbocycles. The summed E-state index contributed by atoms with van der Waals surface area (Å²) in [4.78, 5) is 5.08. The first-order valence-electron chi connectivity index (χ1n) is 10.1. The summed E-state index contributed by atoms with van der Waals surface area (Å²) >= 11 is 0. The standard InChI is InChI=1S/C23H29FN2O2.2ClH/c1-25-14-18-15-26(12-3-13-28-21-10-6-19(24)7-11-21)16-22(18)23(25)17-4-8-20(27-2)9-5-17;;/h4-11,18,22-23H,3,12-16H2,1-2H3;2*1H/t18-,22+,23-;;/m0../s1. The van der Waals surface area contributed by atoms with Gasteiger partial charge in [0.05, 0.1) is 13.7 Å². The van der Waals surface area contributed by atoms with Crippen LogP contribution >= 0.6 is 24.8 Å². The molecule has 0 bridgehead atoms. The van der Waals surface area contributed by atoms with Gasteiger partial charge in [-0.25, -0.2) is 4.39 Å². The zero-order valence-corrected chi connectivity index (χ0v) is 19.1. The Morgan fingerprint density at radius 1 is 0.933 bits per heavy atom. The molecule has 2 saturated heterocycles. The molecule has 0 aromatic heterocycles. The Bertz CT molecular complexity index is 776. The highest BCUT2D eigenvalue weighted by Gasteiger charge is 2.45. The number of likely N-dealkylation sites (tertiary alicyclic amines) is 2. The summed E-state index contributed by atoms with van der Waals surface area (Å²) < 4.78 is 24.0. The predicted octanol–water partition coefficient (Wildman–Crippen LogP) is 4.68. The molecule has 4 rings (SSSR count). The van der Waals surface area contributed by atoms with E-state index in [1.54, 1.807) is 19.2 Å². The second kappa shape index (κ2) is 11.2. The molecule has 3 atom stereocenters. The summed E-state index contributed by atoms with van der Waals surface area (Å²) in [5.41, 5.74) is 1.39. The van der Waals surface area contributed by atoms with Crippen LogP contribution in [0.15, 0.2) is 48.5 Å². The number of halogens is 3. The van der Waals surface area contributed by atoms with Crippen molar-refractivity contribution in [2.24, 2.45) is 11.8 Å². The van der Waals surface area contributed by atoms with Crippen LogP contribution in [-0.2, 0) is 0 Å². The number of benzene rings is 2. The summed E-state index contributed by atoms with van der Waals surface area (Å²) in [7, 11) is 3.95. The number of hydrogen-bond donors (Lipinski definition) is 0. The van der Waals surface area contributed by atoms with Gasteiger partial charge in [-0.15, -0.1) is 24.8 Å². The van der Waals surface area contributed by atoms with Gasteiger partial charge in [0.15, 0.2) is 0 Å².